The van der Waals surface area contributed by atoms with E-state index >= 15 is 0 Å². The smallest absolute Gasteiger partial charge is 0.455 e. The number of pyridine rings is 1. The molecular weight excluding hydrogens is 998 g/mol. The summed E-state index contributed by atoms with van der Waals surface area (Å²) >= 11 is 1.44. The zero-order chi connectivity index (χ0) is 50.7. The fourth-order valence-corrected chi connectivity index (χ4v) is 13.3. The third-order valence-electron chi connectivity index (χ3n) is 14.3. The average molecular weight is 1060 g/mol. The molecule has 10 rings (SSSR count). The Morgan fingerprint density at radius 3 is 2.42 bits per heavy atom. The predicted octanol–water partition coefficient (Wildman–Crippen LogP) is 10.7. The maximum atomic E-state index is 14.4. The molecule has 2 aromatic heterocycles. The minimum Gasteiger partial charge on any atom is -0.455 e. The summed E-state index contributed by atoms with van der Waals surface area (Å²) in [6, 6.07) is 29.2. The van der Waals surface area contributed by atoms with E-state index in [9.17, 15) is 34.8 Å². The minimum atomic E-state index is -6.12. The van der Waals surface area contributed by atoms with Gasteiger partial charge in [-0.2, -0.15) is 13.2 Å². The fraction of sp³-hybridized carbons (Fsp3) is 0.370. The van der Waals surface area contributed by atoms with Gasteiger partial charge in [0, 0.05) is 60.0 Å². The number of nitrogens with one attached hydrogen (secondary N) is 3. The molecule has 1 amide bonds. The van der Waals surface area contributed by atoms with Crippen LogP contribution in [0.15, 0.2) is 136 Å². The number of rotatable bonds is 18. The van der Waals surface area contributed by atoms with Crippen molar-refractivity contribution in [3.05, 3.63) is 144 Å². The van der Waals surface area contributed by atoms with E-state index < -0.39 is 52.8 Å². The molecule has 1 saturated carbocycles. The summed E-state index contributed by atoms with van der Waals surface area (Å²) in [4.78, 5) is 25.2. The predicted molar refractivity (Wildman–Crippen MR) is 276 cm³/mol. The number of benzene rings is 4. The molecule has 19 heteroatoms. The highest BCUT2D eigenvalue weighted by Gasteiger charge is 2.48. The van der Waals surface area contributed by atoms with Crippen molar-refractivity contribution in [2.24, 2.45) is 0 Å². The maximum Gasteiger partial charge on any atom is 0.501 e. The number of sulfonamides is 1. The first-order chi connectivity index (χ1) is 35.2. The summed E-state index contributed by atoms with van der Waals surface area (Å²) in [6.07, 6.45) is 13.1. The molecule has 2 aliphatic heterocycles. The van der Waals surface area contributed by atoms with Crippen molar-refractivity contribution in [3.8, 4) is 11.5 Å². The van der Waals surface area contributed by atoms with Gasteiger partial charge in [-0.1, -0.05) is 54.6 Å². The van der Waals surface area contributed by atoms with Crippen LogP contribution < -0.4 is 14.8 Å². The van der Waals surface area contributed by atoms with E-state index in [4.69, 9.17) is 9.47 Å². The number of thioether (sulfide) groups is 1. The number of hydrogen-bond donors (Lipinski definition) is 3. The fourth-order valence-electron chi connectivity index (χ4n) is 10.3. The first-order valence-electron chi connectivity index (χ1n) is 24.8. The molecule has 3 N–H and O–H groups in total. The third kappa shape index (κ3) is 11.7. The highest BCUT2D eigenvalue weighted by Crippen LogP contribution is 2.47. The summed E-state index contributed by atoms with van der Waals surface area (Å²) in [7, 11) is -11.1. The Hall–Kier alpha value is -5.70. The van der Waals surface area contributed by atoms with Crippen molar-refractivity contribution in [3.63, 3.8) is 0 Å². The Morgan fingerprint density at radius 2 is 1.67 bits per heavy atom. The Bertz CT molecular complexity index is 3220. The number of likely N-dealkylation sites (tertiary alicyclic amines) is 1. The third-order valence-corrected chi connectivity index (χ3v) is 18.3. The number of H-pyrrole nitrogens is 1. The van der Waals surface area contributed by atoms with E-state index in [1.165, 1.54) is 48.0 Å². The van der Waals surface area contributed by atoms with Crippen molar-refractivity contribution < 1.29 is 44.3 Å². The van der Waals surface area contributed by atoms with Gasteiger partial charge < -0.3 is 19.8 Å². The van der Waals surface area contributed by atoms with Crippen LogP contribution in [0.4, 0.5) is 18.9 Å². The first kappa shape index (κ1) is 50.8. The van der Waals surface area contributed by atoms with Crippen molar-refractivity contribution in [1.82, 2.24) is 24.5 Å². The number of alkyl halides is 3. The molecule has 3 fully saturated rings. The van der Waals surface area contributed by atoms with Crippen LogP contribution in [0.3, 0.4) is 0 Å². The SMILES string of the molecule is O=C(NS(=O)(=O)c1ccc(NC(CCN2CCOCC2)CSc2ccccc2)c(S(=O)(=O)C(F)(F)F)c1)c1ccc(C2=CCC(N3CCCC3c3ccccc3C3CC3)CC2)cc1Oc1cnc2[nH]ccc2c1. The lowest BCUT2D eigenvalue weighted by Crippen LogP contribution is -2.39. The summed E-state index contributed by atoms with van der Waals surface area (Å²) in [5.41, 5.74) is -1.03. The van der Waals surface area contributed by atoms with Crippen molar-refractivity contribution in [1.29, 1.82) is 0 Å². The summed E-state index contributed by atoms with van der Waals surface area (Å²) in [5.74, 6) is 0.136. The number of ether oxygens (including phenoxy) is 2. The van der Waals surface area contributed by atoms with Gasteiger partial charge in [-0.05, 0) is 141 Å². The van der Waals surface area contributed by atoms with Crippen molar-refractivity contribution in [2.75, 3.05) is 50.5 Å². The van der Waals surface area contributed by atoms with Gasteiger partial charge in [0.05, 0.1) is 35.6 Å². The normalized spacial score (nSPS) is 19.6. The summed E-state index contributed by atoms with van der Waals surface area (Å²) in [5, 5.41) is 3.74. The van der Waals surface area contributed by atoms with Gasteiger partial charge in [-0.15, -0.1) is 11.8 Å². The number of aromatic amines is 1. The average Bonchev–Trinajstić information content (AvgIpc) is 3.93. The van der Waals surface area contributed by atoms with Crippen LogP contribution in [-0.4, -0.2) is 105 Å². The molecule has 384 valence electrons. The van der Waals surface area contributed by atoms with Crippen LogP contribution >= 0.6 is 11.8 Å². The molecule has 4 aliphatic rings. The number of anilines is 1. The van der Waals surface area contributed by atoms with Gasteiger partial charge in [0.25, 0.3) is 25.8 Å². The second-order valence-electron chi connectivity index (χ2n) is 19.1. The highest BCUT2D eigenvalue weighted by molar-refractivity contribution is 7.99. The molecule has 4 aromatic carbocycles. The standard InChI is InChI=1S/C54H57F3N6O7S3/c55-54(56,57)72(65,66)51-33-44(19-21-48(51)60-40(23-26-62-27-29-69-30-28-62)35-71-43-7-2-1-3-8-43)73(67,68)61-53(64)47-20-16-38(32-50(47)70-42-31-39-22-24-58-52(39)59-34-42)36-14-17-41(18-15-36)63-25-6-11-49(63)46-10-5-4-9-45(46)37-12-13-37/h1-5,7-10,14,16,19-22,24,31-34,37,40-41,49,60H,6,11-13,15,17-18,23,25-30,35H2,(H,58,59)(H,61,64). The molecule has 0 radical (unpaired) electrons. The van der Waals surface area contributed by atoms with E-state index in [1.54, 1.807) is 30.5 Å². The van der Waals surface area contributed by atoms with Crippen LogP contribution in [0.2, 0.25) is 0 Å². The van der Waals surface area contributed by atoms with E-state index in [0.717, 1.165) is 72.2 Å². The molecule has 0 spiro atoms. The summed E-state index contributed by atoms with van der Waals surface area (Å²) in [6.45, 7) is 3.98. The van der Waals surface area contributed by atoms with Gasteiger partial charge >= 0.3 is 5.51 Å². The molecule has 13 nitrogen and oxygen atoms in total. The van der Waals surface area contributed by atoms with Crippen LogP contribution in [-0.2, 0) is 24.6 Å². The monoisotopic (exact) mass is 1050 g/mol. The van der Waals surface area contributed by atoms with Gasteiger partial charge in [0.1, 0.15) is 22.0 Å². The molecule has 6 aromatic rings. The molecular formula is C54H57F3N6O7S3. The zero-order valence-corrected chi connectivity index (χ0v) is 42.5. The minimum absolute atomic E-state index is 0.0116. The summed E-state index contributed by atoms with van der Waals surface area (Å²) < 4.78 is 112. The quantitative estimate of drug-likeness (QED) is 0.0700. The number of carbonyl (C=O) groups excluding carboxylic acids is 1. The molecule has 0 bridgehead atoms. The molecule has 3 unspecified atom stereocenters. The highest BCUT2D eigenvalue weighted by atomic mass is 32.2. The number of amides is 1. The number of fused-ring (bicyclic) bond motifs is 1. The molecule has 73 heavy (non-hydrogen) atoms. The largest absolute Gasteiger partial charge is 0.501 e. The number of carbonyl (C=O) groups is 1. The van der Waals surface area contributed by atoms with Gasteiger partial charge in [-0.3, -0.25) is 14.6 Å². The topological polar surface area (TPSA) is 163 Å². The second-order valence-corrected chi connectivity index (χ2v) is 23.8. The maximum absolute atomic E-state index is 14.4. The van der Waals surface area contributed by atoms with E-state index in [0.29, 0.717) is 74.7 Å². The number of allylic oxidation sites excluding steroid dienone is 1. The lowest BCUT2D eigenvalue weighted by atomic mass is 9.88. The van der Waals surface area contributed by atoms with Crippen molar-refractivity contribution in [2.45, 2.75) is 95.6 Å². The molecule has 2 aliphatic carbocycles. The molecule has 2 saturated heterocycles. The Balaban J connectivity index is 0.913. The number of nitrogens with zero attached hydrogens (tertiary/aromatic N) is 3. The van der Waals surface area contributed by atoms with Crippen LogP contribution in [0.1, 0.15) is 90.4 Å². The first-order valence-corrected chi connectivity index (χ1v) is 28.7. The number of hydrogen-bond acceptors (Lipinski definition) is 12. The number of sulfone groups is 1. The zero-order valence-electron chi connectivity index (χ0n) is 40.0. The lowest BCUT2D eigenvalue weighted by Gasteiger charge is -2.36. The second kappa shape index (κ2) is 21.6. The van der Waals surface area contributed by atoms with E-state index in [2.05, 4.69) is 55.4 Å². The number of morpholine rings is 1. The Labute approximate surface area is 427 Å². The van der Waals surface area contributed by atoms with Gasteiger partial charge in [0.15, 0.2) is 0 Å². The van der Waals surface area contributed by atoms with Crippen LogP contribution in [0.5, 0.6) is 11.5 Å². The molecule has 3 atom stereocenters. The van der Waals surface area contributed by atoms with E-state index in [-0.39, 0.29) is 17.1 Å². The lowest BCUT2D eigenvalue weighted by molar-refractivity contribution is -0.0435. The van der Waals surface area contributed by atoms with Crippen LogP contribution in [0, 0.1) is 0 Å². The Morgan fingerprint density at radius 1 is 0.890 bits per heavy atom. The Kier molecular flexibility index (Phi) is 15.1. The number of halogens is 3. The molecule has 4 heterocycles. The van der Waals surface area contributed by atoms with E-state index in [1.807, 2.05) is 35.1 Å². The van der Waals surface area contributed by atoms with Gasteiger partial charge in [0.2, 0.25) is 0 Å². The van der Waals surface area contributed by atoms with Gasteiger partial charge in [-0.25, -0.2) is 26.5 Å². The van der Waals surface area contributed by atoms with Crippen LogP contribution in [0.25, 0.3) is 16.6 Å². The van der Waals surface area contributed by atoms with Crippen molar-refractivity contribution >= 4 is 59.8 Å². The number of aromatic nitrogens is 2.